The van der Waals surface area contributed by atoms with Crippen LogP contribution in [0.4, 0.5) is 0 Å². The number of rotatable bonds is 4. The van der Waals surface area contributed by atoms with Gasteiger partial charge in [-0.1, -0.05) is 35.5 Å². The van der Waals surface area contributed by atoms with Gasteiger partial charge in [-0.25, -0.2) is 0 Å². The van der Waals surface area contributed by atoms with Gasteiger partial charge in [-0.2, -0.15) is 0 Å². The molecule has 3 rings (SSSR count). The molecule has 1 aliphatic heterocycles. The summed E-state index contributed by atoms with van der Waals surface area (Å²) in [5.74, 6) is 0. The van der Waals surface area contributed by atoms with Crippen molar-refractivity contribution in [3.8, 4) is 0 Å². The standard InChI is InChI=1S/C16H22N4O/c1-16(14-6-4-3-5-7-14)13-20(10-11-21-16)9-8-15-12-19(2)18-17-15/h3-7,12H,8-11,13H2,1-2H3. The van der Waals surface area contributed by atoms with E-state index in [2.05, 4.69) is 46.4 Å². The largest absolute Gasteiger partial charge is 0.368 e. The van der Waals surface area contributed by atoms with Crippen LogP contribution in [0.3, 0.4) is 0 Å². The molecule has 0 saturated carbocycles. The monoisotopic (exact) mass is 286 g/mol. The number of ether oxygens (including phenoxy) is 1. The summed E-state index contributed by atoms with van der Waals surface area (Å²) in [5, 5.41) is 8.13. The average Bonchev–Trinajstić information content (AvgIpc) is 2.92. The lowest BCUT2D eigenvalue weighted by molar-refractivity contribution is -0.103. The molecule has 0 aliphatic carbocycles. The molecular weight excluding hydrogens is 264 g/mol. The van der Waals surface area contributed by atoms with Gasteiger partial charge in [0.1, 0.15) is 5.60 Å². The molecule has 0 radical (unpaired) electrons. The van der Waals surface area contributed by atoms with Crippen LogP contribution in [0.15, 0.2) is 36.5 Å². The Labute approximate surface area is 125 Å². The van der Waals surface area contributed by atoms with Crippen molar-refractivity contribution in [1.29, 1.82) is 0 Å². The van der Waals surface area contributed by atoms with Crippen molar-refractivity contribution in [1.82, 2.24) is 19.9 Å². The van der Waals surface area contributed by atoms with Gasteiger partial charge in [0.15, 0.2) is 0 Å². The van der Waals surface area contributed by atoms with Gasteiger partial charge in [-0.15, -0.1) is 5.10 Å². The van der Waals surface area contributed by atoms with Crippen LogP contribution < -0.4 is 0 Å². The molecule has 0 amide bonds. The number of benzene rings is 1. The number of nitrogens with zero attached hydrogens (tertiary/aromatic N) is 4. The van der Waals surface area contributed by atoms with E-state index in [4.69, 9.17) is 4.74 Å². The Morgan fingerprint density at radius 1 is 1.29 bits per heavy atom. The first-order valence-corrected chi connectivity index (χ1v) is 7.43. The highest BCUT2D eigenvalue weighted by Crippen LogP contribution is 2.29. The summed E-state index contributed by atoms with van der Waals surface area (Å²) < 4.78 is 7.82. The highest BCUT2D eigenvalue weighted by Gasteiger charge is 2.33. The van der Waals surface area contributed by atoms with Gasteiger partial charge in [0.25, 0.3) is 0 Å². The fourth-order valence-corrected chi connectivity index (χ4v) is 2.89. The molecular formula is C16H22N4O. The Kier molecular flexibility index (Phi) is 4.03. The minimum absolute atomic E-state index is 0.220. The van der Waals surface area contributed by atoms with Crippen LogP contribution in [-0.4, -0.2) is 46.1 Å². The maximum absolute atomic E-state index is 6.06. The van der Waals surface area contributed by atoms with E-state index in [0.717, 1.165) is 38.4 Å². The first-order valence-electron chi connectivity index (χ1n) is 7.43. The summed E-state index contributed by atoms with van der Waals surface area (Å²) in [5.41, 5.74) is 2.07. The van der Waals surface area contributed by atoms with Crippen LogP contribution in [0.2, 0.25) is 0 Å². The van der Waals surface area contributed by atoms with Crippen molar-refractivity contribution in [2.24, 2.45) is 7.05 Å². The maximum atomic E-state index is 6.06. The van der Waals surface area contributed by atoms with E-state index in [9.17, 15) is 0 Å². The number of aryl methyl sites for hydroxylation is 1. The van der Waals surface area contributed by atoms with E-state index in [1.54, 1.807) is 4.68 Å². The van der Waals surface area contributed by atoms with Crippen molar-refractivity contribution in [2.45, 2.75) is 18.9 Å². The summed E-state index contributed by atoms with van der Waals surface area (Å²) in [6, 6.07) is 10.5. The molecule has 0 spiro atoms. The number of hydrogen-bond acceptors (Lipinski definition) is 4. The average molecular weight is 286 g/mol. The van der Waals surface area contributed by atoms with E-state index in [-0.39, 0.29) is 5.60 Å². The van der Waals surface area contributed by atoms with Crippen molar-refractivity contribution >= 4 is 0 Å². The molecule has 1 aliphatic rings. The van der Waals surface area contributed by atoms with E-state index in [0.29, 0.717) is 0 Å². The number of aromatic nitrogens is 3. The molecule has 2 aromatic rings. The Bertz CT molecular complexity index is 583. The minimum Gasteiger partial charge on any atom is -0.368 e. The summed E-state index contributed by atoms with van der Waals surface area (Å²) in [4.78, 5) is 2.45. The summed E-state index contributed by atoms with van der Waals surface area (Å²) in [6.07, 6.45) is 2.91. The lowest BCUT2D eigenvalue weighted by atomic mass is 9.94. The third-order valence-electron chi connectivity index (χ3n) is 4.07. The molecule has 2 heterocycles. The highest BCUT2D eigenvalue weighted by atomic mass is 16.5. The van der Waals surface area contributed by atoms with E-state index < -0.39 is 0 Å². The first-order chi connectivity index (χ1) is 10.2. The summed E-state index contributed by atoms with van der Waals surface area (Å²) in [7, 11) is 1.90. The molecule has 1 aromatic carbocycles. The molecule has 1 saturated heterocycles. The Hall–Kier alpha value is -1.72. The molecule has 1 unspecified atom stereocenters. The Morgan fingerprint density at radius 3 is 2.81 bits per heavy atom. The zero-order valence-electron chi connectivity index (χ0n) is 12.7. The van der Waals surface area contributed by atoms with Gasteiger partial charge in [0.05, 0.1) is 12.3 Å². The third kappa shape index (κ3) is 3.31. The fourth-order valence-electron chi connectivity index (χ4n) is 2.89. The molecule has 5 nitrogen and oxygen atoms in total. The van der Waals surface area contributed by atoms with E-state index >= 15 is 0 Å². The van der Waals surface area contributed by atoms with Crippen LogP contribution in [0, 0.1) is 0 Å². The minimum atomic E-state index is -0.220. The smallest absolute Gasteiger partial charge is 0.103 e. The lowest BCUT2D eigenvalue weighted by Gasteiger charge is -2.40. The quantitative estimate of drug-likeness (QED) is 0.856. The topological polar surface area (TPSA) is 43.2 Å². The Morgan fingerprint density at radius 2 is 2.10 bits per heavy atom. The van der Waals surface area contributed by atoms with Gasteiger partial charge in [-0.3, -0.25) is 9.58 Å². The van der Waals surface area contributed by atoms with Gasteiger partial charge < -0.3 is 4.74 Å². The molecule has 5 heteroatoms. The molecule has 1 fully saturated rings. The van der Waals surface area contributed by atoms with Gasteiger partial charge in [0, 0.05) is 39.3 Å². The Balaban J connectivity index is 1.63. The normalized spacial score (nSPS) is 23.3. The van der Waals surface area contributed by atoms with Gasteiger partial charge in [-0.05, 0) is 12.5 Å². The second-order valence-electron chi connectivity index (χ2n) is 5.86. The van der Waals surface area contributed by atoms with E-state index in [1.807, 2.05) is 19.3 Å². The zero-order chi connectivity index (χ0) is 14.7. The zero-order valence-corrected chi connectivity index (χ0v) is 12.7. The molecule has 0 N–H and O–H groups in total. The van der Waals surface area contributed by atoms with E-state index in [1.165, 1.54) is 5.56 Å². The summed E-state index contributed by atoms with van der Waals surface area (Å²) >= 11 is 0. The predicted molar refractivity (Wildman–Crippen MR) is 80.9 cm³/mol. The number of morpholine rings is 1. The highest BCUT2D eigenvalue weighted by molar-refractivity contribution is 5.22. The SMILES string of the molecule is Cn1cc(CCN2CCOC(C)(c3ccccc3)C2)nn1. The maximum Gasteiger partial charge on any atom is 0.103 e. The van der Waals surface area contributed by atoms with Crippen molar-refractivity contribution < 1.29 is 4.74 Å². The van der Waals surface area contributed by atoms with Crippen LogP contribution in [0.1, 0.15) is 18.2 Å². The van der Waals surface area contributed by atoms with Crippen LogP contribution in [0.5, 0.6) is 0 Å². The van der Waals surface area contributed by atoms with Crippen LogP contribution in [0.25, 0.3) is 0 Å². The molecule has 21 heavy (non-hydrogen) atoms. The third-order valence-corrected chi connectivity index (χ3v) is 4.07. The van der Waals surface area contributed by atoms with Crippen molar-refractivity contribution in [3.63, 3.8) is 0 Å². The second kappa shape index (κ2) is 5.95. The lowest BCUT2D eigenvalue weighted by Crippen LogP contribution is -2.48. The molecule has 1 aromatic heterocycles. The molecule has 1 atom stereocenters. The fraction of sp³-hybridized carbons (Fsp3) is 0.500. The van der Waals surface area contributed by atoms with Gasteiger partial charge >= 0.3 is 0 Å². The predicted octanol–water partition coefficient (Wildman–Crippen LogP) is 1.61. The second-order valence-corrected chi connectivity index (χ2v) is 5.86. The van der Waals surface area contributed by atoms with Crippen LogP contribution >= 0.6 is 0 Å². The van der Waals surface area contributed by atoms with Crippen molar-refractivity contribution in [2.75, 3.05) is 26.2 Å². The van der Waals surface area contributed by atoms with Crippen molar-refractivity contribution in [3.05, 3.63) is 47.8 Å². The molecule has 0 bridgehead atoms. The van der Waals surface area contributed by atoms with Gasteiger partial charge in [0.2, 0.25) is 0 Å². The summed E-state index contributed by atoms with van der Waals surface area (Å²) in [6.45, 7) is 5.83. The number of hydrogen-bond donors (Lipinski definition) is 0. The molecule has 112 valence electrons. The van der Waals surface area contributed by atoms with Crippen LogP contribution in [-0.2, 0) is 23.8 Å². The first kappa shape index (κ1) is 14.2.